The van der Waals surface area contributed by atoms with Gasteiger partial charge in [0.05, 0.1) is 6.04 Å². The van der Waals surface area contributed by atoms with Crippen molar-refractivity contribution >= 4 is 11.0 Å². The molecule has 1 aliphatic rings. The van der Waals surface area contributed by atoms with Crippen LogP contribution >= 0.6 is 0 Å². The number of hydrogen-bond donors (Lipinski definition) is 1. The molecule has 0 spiro atoms. The van der Waals surface area contributed by atoms with Gasteiger partial charge in [0.25, 0.3) is 5.89 Å². The van der Waals surface area contributed by atoms with Gasteiger partial charge in [0.15, 0.2) is 0 Å². The molecule has 1 aliphatic carbocycles. The Kier molecular flexibility index (Phi) is 2.97. The minimum atomic E-state index is 0.433. The molecule has 4 aromatic heterocycles. The van der Waals surface area contributed by atoms with Gasteiger partial charge in [-0.3, -0.25) is 4.68 Å². The highest BCUT2D eigenvalue weighted by Crippen LogP contribution is 2.33. The Morgan fingerprint density at radius 3 is 2.96 bits per heavy atom. The van der Waals surface area contributed by atoms with Crippen molar-refractivity contribution in [3.63, 3.8) is 0 Å². The Bertz CT molecular complexity index is 991. The van der Waals surface area contributed by atoms with Gasteiger partial charge in [-0.2, -0.15) is 10.1 Å². The summed E-state index contributed by atoms with van der Waals surface area (Å²) in [6.07, 6.45) is 10.2. The number of fused-ring (bicyclic) bond motifs is 1. The maximum absolute atomic E-state index is 5.54. The molecule has 4 heterocycles. The SMILES string of the molecule is c1cc(-c2noc(-c3ccnn3C3CCCC3)n2)c2cc[nH]c2n1. The molecule has 24 heavy (non-hydrogen) atoms. The third kappa shape index (κ3) is 2.05. The van der Waals surface area contributed by atoms with E-state index in [1.807, 2.05) is 29.1 Å². The largest absolute Gasteiger partial charge is 0.346 e. The fourth-order valence-corrected chi connectivity index (χ4v) is 3.52. The van der Waals surface area contributed by atoms with E-state index >= 15 is 0 Å². The van der Waals surface area contributed by atoms with Gasteiger partial charge < -0.3 is 9.51 Å². The fraction of sp³-hybridized carbons (Fsp3) is 0.294. The van der Waals surface area contributed by atoms with Crippen molar-refractivity contribution in [2.24, 2.45) is 0 Å². The smallest absolute Gasteiger partial charge is 0.276 e. The molecule has 0 radical (unpaired) electrons. The average molecular weight is 320 g/mol. The zero-order valence-electron chi connectivity index (χ0n) is 13.0. The van der Waals surface area contributed by atoms with E-state index in [0.29, 0.717) is 17.8 Å². The van der Waals surface area contributed by atoms with Crippen molar-refractivity contribution in [2.75, 3.05) is 0 Å². The third-order valence-corrected chi connectivity index (χ3v) is 4.69. The number of nitrogens with one attached hydrogen (secondary N) is 1. The maximum atomic E-state index is 5.54. The Hall–Kier alpha value is -2.96. The van der Waals surface area contributed by atoms with Crippen LogP contribution < -0.4 is 0 Å². The standard InChI is InChI=1S/C17H16N6O/c1-2-4-11(3-1)23-14(7-10-20-23)17-21-16(22-24-17)13-6-9-19-15-12(13)5-8-18-15/h5-11H,1-4H2,(H,18,19). The van der Waals surface area contributed by atoms with Gasteiger partial charge in [0, 0.05) is 29.5 Å². The Labute approximate surface area is 137 Å². The molecule has 120 valence electrons. The molecule has 0 amide bonds. The predicted octanol–water partition coefficient (Wildman–Crippen LogP) is 3.59. The molecule has 5 rings (SSSR count). The van der Waals surface area contributed by atoms with Crippen LogP contribution in [0.2, 0.25) is 0 Å². The van der Waals surface area contributed by atoms with Crippen molar-refractivity contribution in [1.82, 2.24) is 29.9 Å². The fourth-order valence-electron chi connectivity index (χ4n) is 3.52. The van der Waals surface area contributed by atoms with Gasteiger partial charge >= 0.3 is 0 Å². The van der Waals surface area contributed by atoms with Crippen molar-refractivity contribution in [3.8, 4) is 23.0 Å². The number of aromatic nitrogens is 6. The van der Waals surface area contributed by atoms with Crippen LogP contribution in [-0.4, -0.2) is 29.9 Å². The lowest BCUT2D eigenvalue weighted by atomic mass is 10.2. The first-order valence-corrected chi connectivity index (χ1v) is 8.20. The molecule has 7 nitrogen and oxygen atoms in total. The first kappa shape index (κ1) is 13.5. The summed E-state index contributed by atoms with van der Waals surface area (Å²) in [4.78, 5) is 12.0. The molecule has 0 saturated heterocycles. The summed E-state index contributed by atoms with van der Waals surface area (Å²) >= 11 is 0. The van der Waals surface area contributed by atoms with Crippen LogP contribution in [0.3, 0.4) is 0 Å². The lowest BCUT2D eigenvalue weighted by molar-refractivity contribution is 0.416. The second-order valence-corrected chi connectivity index (χ2v) is 6.12. The molecule has 0 aliphatic heterocycles. The van der Waals surface area contributed by atoms with Crippen molar-refractivity contribution in [2.45, 2.75) is 31.7 Å². The van der Waals surface area contributed by atoms with Gasteiger partial charge in [-0.05, 0) is 31.0 Å². The highest BCUT2D eigenvalue weighted by Gasteiger charge is 2.23. The lowest BCUT2D eigenvalue weighted by Crippen LogP contribution is -2.08. The van der Waals surface area contributed by atoms with Gasteiger partial charge in [0.2, 0.25) is 5.82 Å². The number of pyridine rings is 1. The number of hydrogen-bond acceptors (Lipinski definition) is 5. The van der Waals surface area contributed by atoms with E-state index in [2.05, 4.69) is 25.2 Å². The van der Waals surface area contributed by atoms with Crippen LogP contribution in [0.4, 0.5) is 0 Å². The number of nitrogens with zero attached hydrogens (tertiary/aromatic N) is 5. The van der Waals surface area contributed by atoms with Gasteiger partial charge in [-0.25, -0.2) is 4.98 Å². The topological polar surface area (TPSA) is 85.4 Å². The van der Waals surface area contributed by atoms with Crippen molar-refractivity contribution < 1.29 is 4.52 Å². The molecule has 1 saturated carbocycles. The van der Waals surface area contributed by atoms with Gasteiger partial charge in [-0.1, -0.05) is 18.0 Å². The highest BCUT2D eigenvalue weighted by molar-refractivity contribution is 5.90. The minimum Gasteiger partial charge on any atom is -0.346 e. The molecule has 0 bridgehead atoms. The van der Waals surface area contributed by atoms with E-state index in [1.54, 1.807) is 12.4 Å². The summed E-state index contributed by atoms with van der Waals surface area (Å²) in [5, 5.41) is 9.62. The number of rotatable bonds is 3. The predicted molar refractivity (Wildman–Crippen MR) is 88.1 cm³/mol. The van der Waals surface area contributed by atoms with Gasteiger partial charge in [0.1, 0.15) is 11.3 Å². The number of H-pyrrole nitrogens is 1. The molecule has 0 unspecified atom stereocenters. The Morgan fingerprint density at radius 2 is 2.04 bits per heavy atom. The molecule has 0 aromatic carbocycles. The second-order valence-electron chi connectivity index (χ2n) is 6.12. The summed E-state index contributed by atoms with van der Waals surface area (Å²) < 4.78 is 7.57. The zero-order chi connectivity index (χ0) is 15.9. The van der Waals surface area contributed by atoms with Gasteiger partial charge in [-0.15, -0.1) is 0 Å². The zero-order valence-corrected chi connectivity index (χ0v) is 13.0. The molecule has 1 N–H and O–H groups in total. The quantitative estimate of drug-likeness (QED) is 0.623. The van der Waals surface area contributed by atoms with E-state index in [0.717, 1.165) is 35.1 Å². The van der Waals surface area contributed by atoms with Crippen LogP contribution in [0.1, 0.15) is 31.7 Å². The normalized spacial score (nSPS) is 15.5. The Morgan fingerprint density at radius 1 is 1.12 bits per heavy atom. The first-order chi connectivity index (χ1) is 11.9. The van der Waals surface area contributed by atoms with E-state index in [1.165, 1.54) is 12.8 Å². The first-order valence-electron chi connectivity index (χ1n) is 8.20. The second kappa shape index (κ2) is 5.30. The van der Waals surface area contributed by atoms with Crippen LogP contribution in [0.15, 0.2) is 41.3 Å². The molecule has 0 atom stereocenters. The highest BCUT2D eigenvalue weighted by atomic mass is 16.5. The molecular weight excluding hydrogens is 304 g/mol. The Balaban J connectivity index is 1.56. The van der Waals surface area contributed by atoms with Crippen LogP contribution in [0.5, 0.6) is 0 Å². The lowest BCUT2D eigenvalue weighted by Gasteiger charge is -2.11. The maximum Gasteiger partial charge on any atom is 0.276 e. The summed E-state index contributed by atoms with van der Waals surface area (Å²) in [5.41, 5.74) is 2.61. The minimum absolute atomic E-state index is 0.433. The summed E-state index contributed by atoms with van der Waals surface area (Å²) in [5.74, 6) is 1.08. The third-order valence-electron chi connectivity index (χ3n) is 4.69. The molecule has 7 heteroatoms. The molecule has 4 aromatic rings. The molecular formula is C17H16N6O. The number of aromatic amines is 1. The van der Waals surface area contributed by atoms with E-state index < -0.39 is 0 Å². The average Bonchev–Trinajstić information content (AvgIpc) is 3.41. The van der Waals surface area contributed by atoms with Crippen LogP contribution in [0.25, 0.3) is 34.0 Å². The van der Waals surface area contributed by atoms with Crippen LogP contribution in [-0.2, 0) is 0 Å². The van der Waals surface area contributed by atoms with Crippen LogP contribution in [0, 0.1) is 0 Å². The summed E-state index contributed by atoms with van der Waals surface area (Å²) in [6, 6.07) is 6.24. The van der Waals surface area contributed by atoms with E-state index in [9.17, 15) is 0 Å². The van der Waals surface area contributed by atoms with E-state index in [4.69, 9.17) is 4.52 Å². The monoisotopic (exact) mass is 320 g/mol. The summed E-state index contributed by atoms with van der Waals surface area (Å²) in [7, 11) is 0. The van der Waals surface area contributed by atoms with E-state index in [-0.39, 0.29) is 0 Å². The summed E-state index contributed by atoms with van der Waals surface area (Å²) in [6.45, 7) is 0. The van der Waals surface area contributed by atoms with Crippen molar-refractivity contribution in [1.29, 1.82) is 0 Å². The van der Waals surface area contributed by atoms with Crippen molar-refractivity contribution in [3.05, 3.63) is 36.8 Å². The molecule has 1 fully saturated rings.